The van der Waals surface area contributed by atoms with Crippen molar-refractivity contribution in [3.05, 3.63) is 50.0 Å². The van der Waals surface area contributed by atoms with Crippen molar-refractivity contribution in [2.24, 2.45) is 0 Å². The summed E-state index contributed by atoms with van der Waals surface area (Å²) in [6.07, 6.45) is 1.49. The third-order valence-electron chi connectivity index (χ3n) is 1.75. The molecule has 0 aliphatic carbocycles. The molecule has 2 aromatic rings. The van der Waals surface area contributed by atoms with Gasteiger partial charge in [0.05, 0.1) is 17.6 Å². The van der Waals surface area contributed by atoms with Crippen LogP contribution in [0.25, 0.3) is 0 Å². The smallest absolute Gasteiger partial charge is 0.249 e. The molecule has 0 bridgehead atoms. The Kier molecular flexibility index (Phi) is 2.05. The van der Waals surface area contributed by atoms with Crippen molar-refractivity contribution in [2.45, 2.75) is 0 Å². The van der Waals surface area contributed by atoms with Crippen molar-refractivity contribution in [2.75, 3.05) is 5.32 Å². The van der Waals surface area contributed by atoms with Gasteiger partial charge in [-0.3, -0.25) is 9.59 Å². The number of anilines is 2. The summed E-state index contributed by atoms with van der Waals surface area (Å²) in [5.74, 6) is 0. The lowest BCUT2D eigenvalue weighted by atomic mass is 10.2. The van der Waals surface area contributed by atoms with Crippen LogP contribution < -0.4 is 16.2 Å². The monoisotopic (exact) mass is 208 g/mol. The molecule has 70 valence electrons. The van der Waals surface area contributed by atoms with Crippen LogP contribution in [0.1, 0.15) is 0 Å². The maximum Gasteiger partial charge on any atom is 0.249 e. The molecule has 0 aliphatic rings. The number of pyridine rings is 1. The van der Waals surface area contributed by atoms with Gasteiger partial charge in [-0.05, 0) is 12.1 Å². The molecule has 4 nitrogen and oxygen atoms in total. The highest BCUT2D eigenvalue weighted by atomic mass is 35.5. The van der Waals surface area contributed by atoms with Crippen molar-refractivity contribution >= 4 is 23.0 Å². The average molecular weight is 209 g/mol. The van der Waals surface area contributed by atoms with Gasteiger partial charge < -0.3 is 5.32 Å². The van der Waals surface area contributed by atoms with Crippen molar-refractivity contribution in [1.82, 2.24) is 4.98 Å². The highest BCUT2D eigenvalue weighted by Gasteiger charge is 2.08. The predicted octanol–water partition coefficient (Wildman–Crippen LogP) is 1.07. The third-order valence-corrected chi connectivity index (χ3v) is 1.97. The molecule has 0 radical (unpaired) electrons. The van der Waals surface area contributed by atoms with E-state index in [-0.39, 0.29) is 0 Å². The Bertz CT molecular complexity index is 526. The van der Waals surface area contributed by atoms with Crippen LogP contribution in [-0.4, -0.2) is 4.98 Å². The molecule has 0 unspecified atom stereocenters. The molecule has 1 N–H and O–H groups in total. The van der Waals surface area contributed by atoms with Gasteiger partial charge in [0.15, 0.2) is 0 Å². The van der Waals surface area contributed by atoms with Gasteiger partial charge in [-0.15, -0.1) is 0 Å². The number of aromatic nitrogens is 1. The Labute approximate surface area is 83.9 Å². The van der Waals surface area contributed by atoms with Crippen LogP contribution in [0.3, 0.4) is 0 Å². The molecular weight excluding hydrogens is 204 g/mol. The topological polar surface area (TPSA) is 59.1 Å². The molecule has 14 heavy (non-hydrogen) atoms. The first-order chi connectivity index (χ1) is 6.66. The van der Waals surface area contributed by atoms with Crippen LogP contribution in [0.2, 0.25) is 5.15 Å². The van der Waals surface area contributed by atoms with E-state index in [1.54, 1.807) is 12.1 Å². The van der Waals surface area contributed by atoms with Crippen molar-refractivity contribution in [3.8, 4) is 0 Å². The molecule has 0 saturated heterocycles. The molecule has 1 aromatic heterocycles. The number of nitrogens with one attached hydrogen (secondary N) is 1. The van der Waals surface area contributed by atoms with E-state index in [4.69, 9.17) is 11.6 Å². The Hall–Kier alpha value is -1.68. The third kappa shape index (κ3) is 1.52. The van der Waals surface area contributed by atoms with Gasteiger partial charge in [0, 0.05) is 6.07 Å². The first-order valence-corrected chi connectivity index (χ1v) is 4.23. The molecule has 5 heteroatoms. The van der Waals surface area contributed by atoms with Crippen LogP contribution in [0, 0.1) is 0 Å². The summed E-state index contributed by atoms with van der Waals surface area (Å²) in [5.41, 5.74) is -0.0602. The lowest BCUT2D eigenvalue weighted by molar-refractivity contribution is 1.30. The van der Waals surface area contributed by atoms with Crippen LogP contribution in [0.15, 0.2) is 34.0 Å². The summed E-state index contributed by atoms with van der Waals surface area (Å²) in [4.78, 5) is 25.3. The van der Waals surface area contributed by atoms with E-state index >= 15 is 0 Å². The van der Waals surface area contributed by atoms with Crippen LogP contribution in [-0.2, 0) is 0 Å². The van der Waals surface area contributed by atoms with Gasteiger partial charge in [-0.1, -0.05) is 11.6 Å². The molecule has 0 aliphatic heterocycles. The normalized spacial score (nSPS) is 10.4. The number of rotatable bonds is 2. The Balaban J connectivity index is 2.21. The molecule has 2 rings (SSSR count). The Morgan fingerprint density at radius 1 is 1.29 bits per heavy atom. The largest absolute Gasteiger partial charge is 0.351 e. The zero-order valence-corrected chi connectivity index (χ0v) is 7.71. The minimum atomic E-state index is -0.500. The number of hydrogen-bond donors (Lipinski definition) is 1. The van der Waals surface area contributed by atoms with Gasteiger partial charge in [0.2, 0.25) is 10.9 Å². The lowest BCUT2D eigenvalue weighted by Crippen LogP contribution is -2.31. The summed E-state index contributed by atoms with van der Waals surface area (Å²) in [6.45, 7) is 0. The maximum absolute atomic E-state index is 10.9. The molecule has 0 atom stereocenters. The molecule has 0 saturated carbocycles. The highest BCUT2D eigenvalue weighted by molar-refractivity contribution is 6.29. The first-order valence-electron chi connectivity index (χ1n) is 3.86. The standard InChI is InChI=1S/C9H5ClN2O2/c10-8-2-1-5(4-11-8)12-6-3-7(13)9(6)14/h1-4,12H. The Morgan fingerprint density at radius 2 is 2.07 bits per heavy atom. The van der Waals surface area contributed by atoms with Gasteiger partial charge in [0.1, 0.15) is 5.15 Å². The highest BCUT2D eigenvalue weighted by Crippen LogP contribution is 2.13. The first kappa shape index (κ1) is 8.90. The van der Waals surface area contributed by atoms with E-state index in [2.05, 4.69) is 10.3 Å². The number of halogens is 1. The van der Waals surface area contributed by atoms with Crippen LogP contribution in [0.4, 0.5) is 11.4 Å². The van der Waals surface area contributed by atoms with Crippen molar-refractivity contribution in [3.63, 3.8) is 0 Å². The zero-order valence-electron chi connectivity index (χ0n) is 6.95. The second-order valence-electron chi connectivity index (χ2n) is 2.75. The summed E-state index contributed by atoms with van der Waals surface area (Å²) in [7, 11) is 0. The number of nitrogens with zero attached hydrogens (tertiary/aromatic N) is 1. The van der Waals surface area contributed by atoms with E-state index in [1.165, 1.54) is 12.3 Å². The van der Waals surface area contributed by atoms with Crippen LogP contribution in [0.5, 0.6) is 0 Å². The minimum Gasteiger partial charge on any atom is -0.351 e. The van der Waals surface area contributed by atoms with E-state index < -0.39 is 10.9 Å². The van der Waals surface area contributed by atoms with Crippen molar-refractivity contribution < 1.29 is 0 Å². The van der Waals surface area contributed by atoms with Gasteiger partial charge in [-0.2, -0.15) is 0 Å². The number of hydrogen-bond acceptors (Lipinski definition) is 4. The van der Waals surface area contributed by atoms with E-state index in [9.17, 15) is 9.59 Å². The van der Waals surface area contributed by atoms with Gasteiger partial charge in [0.25, 0.3) is 0 Å². The maximum atomic E-state index is 10.9. The second-order valence-corrected chi connectivity index (χ2v) is 3.13. The average Bonchev–Trinajstić information content (AvgIpc) is 2.20. The molecular formula is C9H5ClN2O2. The fourth-order valence-electron chi connectivity index (χ4n) is 1.02. The molecule has 0 amide bonds. The van der Waals surface area contributed by atoms with Crippen LogP contribution >= 0.6 is 11.6 Å². The van der Waals surface area contributed by atoms with E-state index in [1.807, 2.05) is 0 Å². The fourth-order valence-corrected chi connectivity index (χ4v) is 1.13. The summed E-state index contributed by atoms with van der Waals surface area (Å²) >= 11 is 5.57. The van der Waals surface area contributed by atoms with Gasteiger partial charge in [-0.25, -0.2) is 4.98 Å². The second kappa shape index (κ2) is 3.23. The molecule has 1 heterocycles. The molecule has 0 spiro atoms. The van der Waals surface area contributed by atoms with Crippen molar-refractivity contribution in [1.29, 1.82) is 0 Å². The van der Waals surface area contributed by atoms with E-state index in [0.29, 0.717) is 16.5 Å². The summed E-state index contributed by atoms with van der Waals surface area (Å²) in [5, 5.41) is 3.13. The SMILES string of the molecule is O=c1cc(Nc2ccc(Cl)nc2)c1=O. The minimum absolute atomic E-state index is 0.291. The van der Waals surface area contributed by atoms with E-state index in [0.717, 1.165) is 0 Å². The lowest BCUT2D eigenvalue weighted by Gasteiger charge is -2.05. The molecule has 1 aromatic carbocycles. The quantitative estimate of drug-likeness (QED) is 0.593. The summed E-state index contributed by atoms with van der Waals surface area (Å²) < 4.78 is 0. The fraction of sp³-hybridized carbons (Fsp3) is 0. The summed E-state index contributed by atoms with van der Waals surface area (Å²) in [6, 6.07) is 4.51. The predicted molar refractivity (Wildman–Crippen MR) is 53.9 cm³/mol. The van der Waals surface area contributed by atoms with Gasteiger partial charge >= 0.3 is 0 Å². The zero-order chi connectivity index (χ0) is 10.1. The molecule has 0 fully saturated rings. The Morgan fingerprint density at radius 3 is 2.57 bits per heavy atom.